The Morgan fingerprint density at radius 1 is 1.00 bits per heavy atom. The third-order valence-electron chi connectivity index (χ3n) is 0.743. The fourth-order valence-electron chi connectivity index (χ4n) is 0.420. The van der Waals surface area contributed by atoms with E-state index in [9.17, 15) is 5.11 Å². The normalized spacial score (nSPS) is 7.50. The minimum atomic E-state index is 0. The molecule has 0 aliphatic heterocycles. The SMILES string of the molecule is [IH2+].[O-]c1ccccc1. The maximum atomic E-state index is 10.3. The molecule has 0 aliphatic carbocycles. The third kappa shape index (κ3) is 2.16. The van der Waals surface area contributed by atoms with Crippen LogP contribution in [0.2, 0.25) is 0 Å². The molecular formula is C6H7IO. The number of rotatable bonds is 0. The van der Waals surface area contributed by atoms with Gasteiger partial charge in [0.05, 0.1) is 0 Å². The van der Waals surface area contributed by atoms with Crippen molar-refractivity contribution in [3.8, 4) is 5.75 Å². The molecule has 1 rings (SSSR count). The topological polar surface area (TPSA) is 23.1 Å². The molecule has 0 saturated carbocycles. The van der Waals surface area contributed by atoms with E-state index in [1.807, 2.05) is 6.07 Å². The lowest BCUT2D eigenvalue weighted by Crippen LogP contribution is -3.00. The summed E-state index contributed by atoms with van der Waals surface area (Å²) in [6, 6.07) is 8.33. The van der Waals surface area contributed by atoms with Gasteiger partial charge in [0.15, 0.2) is 0 Å². The highest BCUT2D eigenvalue weighted by Crippen LogP contribution is 1.98. The van der Waals surface area contributed by atoms with Crippen LogP contribution in [-0.2, 0) is 0 Å². The predicted molar refractivity (Wildman–Crippen MR) is 28.7 cm³/mol. The number of hydrogen-bond acceptors (Lipinski definition) is 1. The number of halogens is 1. The molecule has 0 aliphatic rings. The van der Waals surface area contributed by atoms with E-state index in [-0.39, 0.29) is 29.7 Å². The molecule has 0 amide bonds. The van der Waals surface area contributed by atoms with Crippen molar-refractivity contribution in [1.82, 2.24) is 0 Å². The molecule has 0 radical (unpaired) electrons. The molecule has 0 aromatic heterocycles. The zero-order chi connectivity index (χ0) is 5.11. The van der Waals surface area contributed by atoms with Crippen molar-refractivity contribution in [2.45, 2.75) is 0 Å². The molecule has 44 valence electrons. The molecule has 1 aromatic carbocycles. The molecule has 0 N–H and O–H groups in total. The van der Waals surface area contributed by atoms with E-state index in [1.54, 1.807) is 12.1 Å². The first kappa shape index (κ1) is 7.75. The Kier molecular flexibility index (Phi) is 3.60. The Labute approximate surface area is 65.4 Å². The maximum Gasteiger partial charge on any atom is 0.235 e. The molecular weight excluding hydrogens is 215 g/mol. The van der Waals surface area contributed by atoms with Crippen molar-refractivity contribution in [2.24, 2.45) is 0 Å². The lowest BCUT2D eigenvalue weighted by Gasteiger charge is -1.98. The van der Waals surface area contributed by atoms with Crippen LogP contribution in [0.15, 0.2) is 30.3 Å². The van der Waals surface area contributed by atoms with Crippen LogP contribution < -0.4 is 29.1 Å². The molecule has 0 unspecified atom stereocenters. The quantitative estimate of drug-likeness (QED) is 0.436. The summed E-state index contributed by atoms with van der Waals surface area (Å²) in [5.41, 5.74) is 0. The maximum absolute atomic E-state index is 10.3. The molecule has 0 heterocycles. The van der Waals surface area contributed by atoms with E-state index in [1.165, 1.54) is 12.1 Å². The molecule has 1 aromatic rings. The van der Waals surface area contributed by atoms with Gasteiger partial charge in [0.1, 0.15) is 0 Å². The van der Waals surface area contributed by atoms with Gasteiger partial charge in [0, 0.05) is 0 Å². The largest absolute Gasteiger partial charge is 0.872 e. The zero-order valence-electron chi connectivity index (χ0n) is 4.24. The van der Waals surface area contributed by atoms with Crippen LogP contribution in [0, 0.1) is 0 Å². The highest BCUT2D eigenvalue weighted by molar-refractivity contribution is 5.17. The summed E-state index contributed by atoms with van der Waals surface area (Å²) in [6.45, 7) is 0. The van der Waals surface area contributed by atoms with Crippen molar-refractivity contribution in [2.75, 3.05) is 0 Å². The Morgan fingerprint density at radius 3 is 1.75 bits per heavy atom. The molecule has 8 heavy (non-hydrogen) atoms. The standard InChI is InChI=1S/C6H6O.H2I/c7-6-4-2-1-3-5-6;/h1-5,7H;1H2/q;+1/p-1. The van der Waals surface area contributed by atoms with Gasteiger partial charge in [-0.25, -0.2) is 0 Å². The molecule has 0 spiro atoms. The lowest BCUT2D eigenvalue weighted by atomic mass is 10.3. The molecule has 2 heteroatoms. The first-order valence-corrected chi connectivity index (χ1v) is 2.11. The highest BCUT2D eigenvalue weighted by Gasteiger charge is 1.64. The monoisotopic (exact) mass is 222 g/mol. The summed E-state index contributed by atoms with van der Waals surface area (Å²) in [5, 5.41) is 10.3. The fourth-order valence-corrected chi connectivity index (χ4v) is 0.420. The van der Waals surface area contributed by atoms with Crippen LogP contribution in [0.25, 0.3) is 0 Å². The van der Waals surface area contributed by atoms with Crippen LogP contribution >= 0.6 is 0 Å². The Morgan fingerprint density at radius 2 is 1.50 bits per heavy atom. The average molecular weight is 222 g/mol. The van der Waals surface area contributed by atoms with Gasteiger partial charge in [-0.05, 0) is 0 Å². The first-order valence-electron chi connectivity index (χ1n) is 2.11. The Balaban J connectivity index is 0.000000490. The van der Waals surface area contributed by atoms with Gasteiger partial charge in [-0.2, -0.15) is 0 Å². The van der Waals surface area contributed by atoms with Crippen LogP contribution in [0.1, 0.15) is 0 Å². The van der Waals surface area contributed by atoms with E-state index in [4.69, 9.17) is 0 Å². The summed E-state index contributed by atoms with van der Waals surface area (Å²) in [7, 11) is 0. The van der Waals surface area contributed by atoms with Gasteiger partial charge in [0.2, 0.25) is 24.0 Å². The van der Waals surface area contributed by atoms with Gasteiger partial charge in [-0.3, -0.25) is 0 Å². The number of para-hydroxylation sites is 1. The summed E-state index contributed by atoms with van der Waals surface area (Å²) in [6.07, 6.45) is 0. The average Bonchev–Trinajstić information content (AvgIpc) is 1.69. The molecule has 0 bridgehead atoms. The van der Waals surface area contributed by atoms with E-state index in [0.717, 1.165) is 0 Å². The zero-order valence-corrected chi connectivity index (χ0v) is 6.79. The van der Waals surface area contributed by atoms with E-state index in [2.05, 4.69) is 0 Å². The lowest BCUT2D eigenvalue weighted by molar-refractivity contribution is -0.268. The Hall–Kier alpha value is -0.250. The van der Waals surface area contributed by atoms with Crippen LogP contribution in [0.3, 0.4) is 0 Å². The summed E-state index contributed by atoms with van der Waals surface area (Å²) >= 11 is 0. The minimum absolute atomic E-state index is 0. The van der Waals surface area contributed by atoms with Crippen LogP contribution in [0.5, 0.6) is 5.75 Å². The second kappa shape index (κ2) is 3.72. The summed E-state index contributed by atoms with van der Waals surface area (Å²) in [4.78, 5) is 0. The van der Waals surface area contributed by atoms with Crippen molar-refractivity contribution in [1.29, 1.82) is 0 Å². The van der Waals surface area contributed by atoms with Crippen LogP contribution in [0.4, 0.5) is 0 Å². The van der Waals surface area contributed by atoms with Crippen molar-refractivity contribution in [3.05, 3.63) is 30.3 Å². The molecule has 0 atom stereocenters. The summed E-state index contributed by atoms with van der Waals surface area (Å²) < 4.78 is 0. The van der Waals surface area contributed by atoms with E-state index < -0.39 is 0 Å². The highest BCUT2D eigenvalue weighted by atomic mass is 127. The van der Waals surface area contributed by atoms with Crippen molar-refractivity contribution >= 4 is 0 Å². The molecule has 0 fully saturated rings. The fraction of sp³-hybridized carbons (Fsp3) is 0. The van der Waals surface area contributed by atoms with Crippen molar-refractivity contribution in [3.63, 3.8) is 0 Å². The van der Waals surface area contributed by atoms with Gasteiger partial charge in [-0.1, -0.05) is 30.3 Å². The van der Waals surface area contributed by atoms with E-state index in [0.29, 0.717) is 0 Å². The van der Waals surface area contributed by atoms with Crippen LogP contribution in [-0.4, -0.2) is 0 Å². The van der Waals surface area contributed by atoms with Gasteiger partial charge in [-0.15, -0.1) is 5.75 Å². The smallest absolute Gasteiger partial charge is 0.235 e. The number of hydrogen-bond donors (Lipinski definition) is 0. The van der Waals surface area contributed by atoms with Gasteiger partial charge < -0.3 is 5.11 Å². The third-order valence-corrected chi connectivity index (χ3v) is 0.743. The molecule has 1 nitrogen and oxygen atoms in total. The second-order valence-electron chi connectivity index (χ2n) is 1.31. The van der Waals surface area contributed by atoms with Crippen molar-refractivity contribution < 1.29 is 29.1 Å². The first-order chi connectivity index (χ1) is 3.39. The van der Waals surface area contributed by atoms with E-state index >= 15 is 0 Å². The number of benzene rings is 1. The predicted octanol–water partition coefficient (Wildman–Crippen LogP) is -2.77. The van der Waals surface area contributed by atoms with Gasteiger partial charge >= 0.3 is 0 Å². The minimum Gasteiger partial charge on any atom is -0.872 e. The Bertz CT molecular complexity index is 138. The molecule has 0 saturated heterocycles. The second-order valence-corrected chi connectivity index (χ2v) is 1.31. The van der Waals surface area contributed by atoms with Gasteiger partial charge in [0.25, 0.3) is 0 Å². The summed E-state index contributed by atoms with van der Waals surface area (Å²) in [5.74, 6) is 0.0718.